The summed E-state index contributed by atoms with van der Waals surface area (Å²) in [6, 6.07) is 7.03. The lowest BCUT2D eigenvalue weighted by molar-refractivity contribution is -0.0000215. The molecule has 1 rings (SSSR count). The van der Waals surface area contributed by atoms with Crippen molar-refractivity contribution in [3.8, 4) is 0 Å². The summed E-state index contributed by atoms with van der Waals surface area (Å²) in [7, 11) is 0. The average Bonchev–Trinajstić information content (AvgIpc) is 2.24. The van der Waals surface area contributed by atoms with Crippen molar-refractivity contribution in [1.29, 1.82) is 0 Å². The van der Waals surface area contributed by atoms with Gasteiger partial charge in [0.2, 0.25) is 0 Å². The highest BCUT2D eigenvalue weighted by Crippen LogP contribution is 2.27. The quantitative estimate of drug-likeness (QED) is 0.841. The van der Waals surface area contributed by atoms with E-state index in [0.29, 0.717) is 5.56 Å². The molecule has 1 aromatic rings. The maximum absolute atomic E-state index is 10.8. The van der Waals surface area contributed by atoms with E-state index in [-0.39, 0.29) is 23.4 Å². The van der Waals surface area contributed by atoms with Gasteiger partial charge in [-0.1, -0.05) is 32.9 Å². The number of carboxylic acids is 1. The second-order valence-corrected chi connectivity index (χ2v) is 6.98. The van der Waals surface area contributed by atoms with Gasteiger partial charge >= 0.3 is 5.97 Å². The van der Waals surface area contributed by atoms with Gasteiger partial charge in [-0.3, -0.25) is 0 Å². The molecule has 0 spiro atoms. The monoisotopic (exact) mass is 298 g/mol. The van der Waals surface area contributed by atoms with Crippen LogP contribution in [-0.4, -0.2) is 16.6 Å². The Morgan fingerprint density at radius 2 is 1.60 bits per heavy atom. The third-order valence-electron chi connectivity index (χ3n) is 2.94. The van der Waals surface area contributed by atoms with Gasteiger partial charge in [0.15, 0.2) is 0 Å². The molecule has 0 saturated carbocycles. The normalized spacial score (nSPS) is 11.8. The Balaban J connectivity index is 0.00000361. The number of aromatic carboxylic acids is 1. The predicted octanol–water partition coefficient (Wildman–Crippen LogP) is 0.693. The summed E-state index contributed by atoms with van der Waals surface area (Å²) in [5, 5.41) is 12.4. The van der Waals surface area contributed by atoms with Gasteiger partial charge in [0.05, 0.1) is 5.56 Å². The number of carboxylic acid groups (broad SMARTS) is 1. The van der Waals surface area contributed by atoms with E-state index < -0.39 is 5.97 Å². The van der Waals surface area contributed by atoms with E-state index in [1.807, 2.05) is 12.1 Å². The smallest absolute Gasteiger partial charge is 0.335 e. The van der Waals surface area contributed by atoms with Crippen LogP contribution in [0.1, 0.15) is 57.0 Å². The minimum Gasteiger partial charge on any atom is -1.00 e. The van der Waals surface area contributed by atoms with Gasteiger partial charge in [-0.2, -0.15) is 0 Å². The number of hydrogen-bond donors (Lipinski definition) is 2. The highest BCUT2D eigenvalue weighted by Gasteiger charge is 2.24. The Morgan fingerprint density at radius 3 is 2.00 bits per heavy atom. The van der Waals surface area contributed by atoms with Crippen molar-refractivity contribution in [3.05, 3.63) is 35.4 Å². The van der Waals surface area contributed by atoms with Crippen LogP contribution in [0.4, 0.5) is 0 Å². The number of benzene rings is 1. The molecule has 0 amide bonds. The van der Waals surface area contributed by atoms with Crippen LogP contribution in [0.3, 0.4) is 0 Å². The van der Waals surface area contributed by atoms with Gasteiger partial charge in [-0.05, 0) is 43.4 Å². The third-order valence-corrected chi connectivity index (χ3v) is 2.94. The van der Waals surface area contributed by atoms with Crippen LogP contribution >= 0.6 is 0 Å². The molecule has 0 aliphatic rings. The summed E-state index contributed by atoms with van der Waals surface area (Å²) in [6.45, 7) is 11.9. The van der Waals surface area contributed by atoms with Gasteiger partial charge in [-0.25, -0.2) is 4.79 Å². The predicted molar refractivity (Wildman–Crippen MR) is 78.4 cm³/mol. The molecule has 0 heterocycles. The molecule has 0 bridgehead atoms. The van der Waals surface area contributed by atoms with Gasteiger partial charge in [0.25, 0.3) is 0 Å². The van der Waals surface area contributed by atoms with E-state index >= 15 is 0 Å². The molecule has 0 aliphatic carbocycles. The van der Waals surface area contributed by atoms with E-state index in [1.165, 1.54) is 0 Å². The largest absolute Gasteiger partial charge is 1.00 e. The molecule has 0 fully saturated rings. The molecule has 2 N–H and O–H groups in total. The number of halogens is 1. The second-order valence-electron chi connectivity index (χ2n) is 6.98. The second kappa shape index (κ2) is 7.09. The molecule has 3 nitrogen and oxygen atoms in total. The fourth-order valence-corrected chi connectivity index (χ4v) is 2.49. The van der Waals surface area contributed by atoms with Gasteiger partial charge < -0.3 is 22.8 Å². The van der Waals surface area contributed by atoms with Gasteiger partial charge in [0, 0.05) is 12.1 Å². The summed E-state index contributed by atoms with van der Waals surface area (Å²) in [5.41, 5.74) is 1.78. The SMILES string of the molecule is CC(C)(C)CC(C)(C)NCc1ccc(C(=O)O)cc1.[Cl-]. The standard InChI is InChI=1S/C16H25NO2.ClH/c1-15(2,3)11-16(4,5)17-10-12-6-8-13(9-7-12)14(18)19;/h6-9,17H,10-11H2,1-5H3,(H,18,19);1H/p-1. The van der Waals surface area contributed by atoms with Crippen LogP contribution in [-0.2, 0) is 6.54 Å². The summed E-state index contributed by atoms with van der Waals surface area (Å²) in [4.78, 5) is 10.8. The molecular formula is C16H25ClNO2-. The van der Waals surface area contributed by atoms with Crippen molar-refractivity contribution in [2.45, 2.75) is 53.1 Å². The number of hydrogen-bond acceptors (Lipinski definition) is 2. The summed E-state index contributed by atoms with van der Waals surface area (Å²) < 4.78 is 0. The number of rotatable bonds is 5. The molecule has 0 aromatic heterocycles. The van der Waals surface area contributed by atoms with Crippen molar-refractivity contribution in [2.24, 2.45) is 5.41 Å². The summed E-state index contributed by atoms with van der Waals surface area (Å²) in [5.74, 6) is -0.882. The molecule has 4 heteroatoms. The highest BCUT2D eigenvalue weighted by molar-refractivity contribution is 5.87. The van der Waals surface area contributed by atoms with Crippen molar-refractivity contribution in [1.82, 2.24) is 5.32 Å². The van der Waals surface area contributed by atoms with Crippen molar-refractivity contribution in [3.63, 3.8) is 0 Å². The first-order valence-electron chi connectivity index (χ1n) is 6.66. The summed E-state index contributed by atoms with van der Waals surface area (Å²) in [6.07, 6.45) is 1.08. The van der Waals surface area contributed by atoms with E-state index in [0.717, 1.165) is 18.5 Å². The first kappa shape index (κ1) is 18.9. The van der Waals surface area contributed by atoms with E-state index in [4.69, 9.17) is 5.11 Å². The fourth-order valence-electron chi connectivity index (χ4n) is 2.49. The van der Waals surface area contributed by atoms with Crippen molar-refractivity contribution in [2.75, 3.05) is 0 Å². The van der Waals surface area contributed by atoms with E-state index in [2.05, 4.69) is 39.9 Å². The van der Waals surface area contributed by atoms with Crippen LogP contribution in [0.25, 0.3) is 0 Å². The lowest BCUT2D eigenvalue weighted by Crippen LogP contribution is -3.00. The van der Waals surface area contributed by atoms with Gasteiger partial charge in [0.1, 0.15) is 0 Å². The topological polar surface area (TPSA) is 49.3 Å². The zero-order chi connectivity index (χ0) is 14.7. The van der Waals surface area contributed by atoms with Gasteiger partial charge in [-0.15, -0.1) is 0 Å². The van der Waals surface area contributed by atoms with Crippen molar-refractivity contribution < 1.29 is 22.3 Å². The van der Waals surface area contributed by atoms with Crippen molar-refractivity contribution >= 4 is 5.97 Å². The molecule has 20 heavy (non-hydrogen) atoms. The van der Waals surface area contributed by atoms with Crippen LogP contribution < -0.4 is 17.7 Å². The zero-order valence-corrected chi connectivity index (χ0v) is 13.7. The Kier molecular flexibility index (Phi) is 6.72. The molecule has 0 atom stereocenters. The third kappa shape index (κ3) is 6.92. The molecular weight excluding hydrogens is 274 g/mol. The first-order valence-corrected chi connectivity index (χ1v) is 6.66. The lowest BCUT2D eigenvalue weighted by Gasteiger charge is -2.33. The molecule has 0 radical (unpaired) electrons. The van der Waals surface area contributed by atoms with Crippen LogP contribution in [0.5, 0.6) is 0 Å². The Hall–Kier alpha value is -1.06. The minimum absolute atomic E-state index is 0. The maximum Gasteiger partial charge on any atom is 0.335 e. The van der Waals surface area contributed by atoms with E-state index in [9.17, 15) is 4.79 Å². The first-order chi connectivity index (χ1) is 8.59. The van der Waals surface area contributed by atoms with E-state index in [1.54, 1.807) is 12.1 Å². The Morgan fingerprint density at radius 1 is 1.10 bits per heavy atom. The van der Waals surface area contributed by atoms with Crippen LogP contribution in [0.15, 0.2) is 24.3 Å². The lowest BCUT2D eigenvalue weighted by atomic mass is 9.82. The summed E-state index contributed by atoms with van der Waals surface area (Å²) >= 11 is 0. The number of nitrogens with one attached hydrogen (secondary N) is 1. The zero-order valence-electron chi connectivity index (χ0n) is 13.0. The van der Waals surface area contributed by atoms with Crippen LogP contribution in [0.2, 0.25) is 0 Å². The number of carbonyl (C=O) groups is 1. The average molecular weight is 299 g/mol. The molecule has 0 aliphatic heterocycles. The van der Waals surface area contributed by atoms with Crippen LogP contribution in [0, 0.1) is 5.41 Å². The minimum atomic E-state index is -0.882. The Bertz CT molecular complexity index is 433. The molecule has 0 saturated heterocycles. The molecule has 1 aromatic carbocycles. The Labute approximate surface area is 128 Å². The molecule has 114 valence electrons. The molecule has 0 unspecified atom stereocenters. The highest BCUT2D eigenvalue weighted by atomic mass is 35.5. The fraction of sp³-hybridized carbons (Fsp3) is 0.562. The maximum atomic E-state index is 10.8.